The first-order chi connectivity index (χ1) is 14.5. The fraction of sp³-hybridized carbons (Fsp3) is 0.261. The van der Waals surface area contributed by atoms with Crippen molar-refractivity contribution in [1.29, 1.82) is 5.26 Å². The molecule has 0 radical (unpaired) electrons. The molecule has 1 unspecified atom stereocenters. The largest absolute Gasteiger partial charge is 0.416 e. The van der Waals surface area contributed by atoms with E-state index in [-0.39, 0.29) is 29.2 Å². The Hall–Kier alpha value is -3.60. The van der Waals surface area contributed by atoms with E-state index in [2.05, 4.69) is 0 Å². The maximum atomic E-state index is 13.2. The lowest BCUT2D eigenvalue weighted by Gasteiger charge is -2.45. The molecule has 1 aliphatic rings. The molecule has 2 amide bonds. The molecule has 0 saturated carbocycles. The number of piperazine rings is 1. The average molecular weight is 427 g/mol. The standard InChI is InChI=1S/C23H20F3N3O2/c1-22(13-15-7-5-4-6-8-15)21(31)28(2)19(20(30)29(22)3)12-17-11-18(23(24,25)26)10-9-16(17)14-27/h4-12H,13H2,1-3H3. The molecule has 2 aromatic carbocycles. The molecule has 3 rings (SSSR count). The van der Waals surface area contributed by atoms with Crippen molar-refractivity contribution in [3.05, 3.63) is 76.5 Å². The van der Waals surface area contributed by atoms with Crippen molar-refractivity contribution in [2.75, 3.05) is 14.1 Å². The van der Waals surface area contributed by atoms with Crippen LogP contribution in [0.5, 0.6) is 0 Å². The van der Waals surface area contributed by atoms with Crippen molar-refractivity contribution < 1.29 is 22.8 Å². The molecule has 8 heteroatoms. The zero-order valence-electron chi connectivity index (χ0n) is 17.2. The van der Waals surface area contributed by atoms with Crippen LogP contribution in [-0.4, -0.2) is 41.2 Å². The molecule has 2 aromatic rings. The number of hydrogen-bond donors (Lipinski definition) is 0. The second-order valence-corrected chi connectivity index (χ2v) is 7.61. The van der Waals surface area contributed by atoms with Crippen molar-refractivity contribution >= 4 is 17.9 Å². The van der Waals surface area contributed by atoms with E-state index in [1.54, 1.807) is 6.92 Å². The summed E-state index contributed by atoms with van der Waals surface area (Å²) < 4.78 is 39.4. The molecule has 1 aliphatic heterocycles. The molecule has 0 aliphatic carbocycles. The number of likely N-dealkylation sites (N-methyl/N-ethyl adjacent to an activating group) is 2. The van der Waals surface area contributed by atoms with Gasteiger partial charge in [0.1, 0.15) is 11.2 Å². The summed E-state index contributed by atoms with van der Waals surface area (Å²) in [6, 6.07) is 13.7. The number of amides is 2. The Kier molecular flexibility index (Phi) is 5.64. The topological polar surface area (TPSA) is 64.4 Å². The van der Waals surface area contributed by atoms with E-state index in [1.807, 2.05) is 36.4 Å². The molecule has 1 fully saturated rings. The second-order valence-electron chi connectivity index (χ2n) is 7.61. The van der Waals surface area contributed by atoms with E-state index in [4.69, 9.17) is 0 Å². The number of hydrogen-bond acceptors (Lipinski definition) is 3. The van der Waals surface area contributed by atoms with E-state index >= 15 is 0 Å². The van der Waals surface area contributed by atoms with Crippen molar-refractivity contribution in [3.8, 4) is 6.07 Å². The SMILES string of the molecule is CN1C(=O)C(C)(Cc2ccccc2)N(C)C(=O)C1=Cc1cc(C(F)(F)F)ccc1C#N. The van der Waals surface area contributed by atoms with Gasteiger partial charge in [0.05, 0.1) is 17.2 Å². The smallest absolute Gasteiger partial charge is 0.326 e. The van der Waals surface area contributed by atoms with Crippen LogP contribution < -0.4 is 0 Å². The second kappa shape index (κ2) is 7.91. The zero-order valence-corrected chi connectivity index (χ0v) is 17.2. The van der Waals surface area contributed by atoms with E-state index in [1.165, 1.54) is 19.0 Å². The molecular weight excluding hydrogens is 407 g/mol. The summed E-state index contributed by atoms with van der Waals surface area (Å²) in [7, 11) is 2.89. The summed E-state index contributed by atoms with van der Waals surface area (Å²) in [5.74, 6) is -0.906. The predicted octanol–water partition coefficient (Wildman–Crippen LogP) is 3.85. The lowest BCUT2D eigenvalue weighted by Crippen LogP contribution is -2.64. The summed E-state index contributed by atoms with van der Waals surface area (Å²) in [6.45, 7) is 1.65. The molecule has 160 valence electrons. The maximum Gasteiger partial charge on any atom is 0.416 e. The molecule has 1 heterocycles. The predicted molar refractivity (Wildman–Crippen MR) is 108 cm³/mol. The Morgan fingerprint density at radius 3 is 2.32 bits per heavy atom. The fourth-order valence-corrected chi connectivity index (χ4v) is 3.61. The molecule has 0 N–H and O–H groups in total. The van der Waals surface area contributed by atoms with Gasteiger partial charge in [0, 0.05) is 20.5 Å². The van der Waals surface area contributed by atoms with Crippen molar-refractivity contribution in [2.45, 2.75) is 25.1 Å². The molecule has 0 spiro atoms. The van der Waals surface area contributed by atoms with Crippen LogP contribution in [0.25, 0.3) is 6.08 Å². The normalized spacial score (nSPS) is 20.9. The van der Waals surface area contributed by atoms with Crippen LogP contribution in [0.2, 0.25) is 0 Å². The van der Waals surface area contributed by atoms with Crippen LogP contribution in [0.4, 0.5) is 13.2 Å². The number of alkyl halides is 3. The number of nitrogens with zero attached hydrogens (tertiary/aromatic N) is 3. The van der Waals surface area contributed by atoms with Gasteiger partial charge in [-0.25, -0.2) is 0 Å². The first-order valence-electron chi connectivity index (χ1n) is 9.42. The Morgan fingerprint density at radius 2 is 1.74 bits per heavy atom. The molecule has 0 aromatic heterocycles. The number of carbonyl (C=O) groups is 2. The van der Waals surface area contributed by atoms with Gasteiger partial charge in [-0.15, -0.1) is 0 Å². The summed E-state index contributed by atoms with van der Waals surface area (Å²) in [5.41, 5.74) is -1.47. The van der Waals surface area contributed by atoms with Gasteiger partial charge in [-0.1, -0.05) is 30.3 Å². The highest BCUT2D eigenvalue weighted by Gasteiger charge is 2.48. The van der Waals surface area contributed by atoms with Gasteiger partial charge in [-0.3, -0.25) is 9.59 Å². The lowest BCUT2D eigenvalue weighted by molar-refractivity contribution is -0.155. The Bertz CT molecular complexity index is 1100. The summed E-state index contributed by atoms with van der Waals surface area (Å²) >= 11 is 0. The number of rotatable bonds is 3. The highest BCUT2D eigenvalue weighted by atomic mass is 19.4. The van der Waals surface area contributed by atoms with Gasteiger partial charge in [-0.05, 0) is 42.3 Å². The van der Waals surface area contributed by atoms with Crippen molar-refractivity contribution in [2.24, 2.45) is 0 Å². The van der Waals surface area contributed by atoms with Gasteiger partial charge in [0.2, 0.25) is 0 Å². The van der Waals surface area contributed by atoms with Gasteiger partial charge in [-0.2, -0.15) is 18.4 Å². The molecule has 5 nitrogen and oxygen atoms in total. The summed E-state index contributed by atoms with van der Waals surface area (Å²) in [6.07, 6.45) is -3.17. The fourth-order valence-electron chi connectivity index (χ4n) is 3.61. The van der Waals surface area contributed by atoms with E-state index in [0.717, 1.165) is 34.7 Å². The first-order valence-corrected chi connectivity index (χ1v) is 9.42. The van der Waals surface area contributed by atoms with Crippen molar-refractivity contribution in [1.82, 2.24) is 9.80 Å². The number of carbonyl (C=O) groups excluding carboxylic acids is 2. The highest BCUT2D eigenvalue weighted by molar-refractivity contribution is 6.08. The Morgan fingerprint density at radius 1 is 1.10 bits per heavy atom. The quantitative estimate of drug-likeness (QED) is 0.699. The minimum absolute atomic E-state index is 0.0329. The minimum Gasteiger partial charge on any atom is -0.326 e. The summed E-state index contributed by atoms with van der Waals surface area (Å²) in [5, 5.41) is 9.29. The highest BCUT2D eigenvalue weighted by Crippen LogP contribution is 2.34. The van der Waals surface area contributed by atoms with Gasteiger partial charge < -0.3 is 9.80 Å². The maximum absolute atomic E-state index is 13.2. The Balaban J connectivity index is 2.04. The third-order valence-electron chi connectivity index (χ3n) is 5.57. The zero-order chi connectivity index (χ0) is 23.0. The van der Waals surface area contributed by atoms with E-state index < -0.39 is 23.2 Å². The van der Waals surface area contributed by atoms with E-state index in [0.29, 0.717) is 0 Å². The molecule has 0 bridgehead atoms. The first kappa shape index (κ1) is 22.1. The third kappa shape index (κ3) is 4.04. The van der Waals surface area contributed by atoms with Crippen LogP contribution in [0, 0.1) is 11.3 Å². The van der Waals surface area contributed by atoms with Crippen LogP contribution >= 0.6 is 0 Å². The number of halogens is 3. The minimum atomic E-state index is -4.61. The van der Waals surface area contributed by atoms with Crippen molar-refractivity contribution in [3.63, 3.8) is 0 Å². The third-order valence-corrected chi connectivity index (χ3v) is 5.57. The monoisotopic (exact) mass is 427 g/mol. The van der Waals surface area contributed by atoms with Gasteiger partial charge in [0.15, 0.2) is 0 Å². The number of benzene rings is 2. The van der Waals surface area contributed by atoms with Crippen LogP contribution in [0.3, 0.4) is 0 Å². The number of nitriles is 1. The van der Waals surface area contributed by atoms with Crippen LogP contribution in [-0.2, 0) is 22.2 Å². The average Bonchev–Trinajstić information content (AvgIpc) is 2.74. The summed E-state index contributed by atoms with van der Waals surface area (Å²) in [4.78, 5) is 28.8. The Labute approximate surface area is 178 Å². The van der Waals surface area contributed by atoms with E-state index in [9.17, 15) is 28.0 Å². The lowest BCUT2D eigenvalue weighted by atomic mass is 9.87. The molecule has 31 heavy (non-hydrogen) atoms. The van der Waals surface area contributed by atoms with Gasteiger partial charge in [0.25, 0.3) is 11.8 Å². The molecular formula is C23H20F3N3O2. The molecule has 1 atom stereocenters. The van der Waals surface area contributed by atoms with Crippen LogP contribution in [0.15, 0.2) is 54.2 Å². The molecule has 1 saturated heterocycles. The van der Waals surface area contributed by atoms with Crippen LogP contribution in [0.1, 0.15) is 29.2 Å². The van der Waals surface area contributed by atoms with Gasteiger partial charge >= 0.3 is 6.18 Å².